The van der Waals surface area contributed by atoms with Gasteiger partial charge in [0.1, 0.15) is 0 Å². The highest BCUT2D eigenvalue weighted by Crippen LogP contribution is 2.27. The number of nitrogens with one attached hydrogen (secondary N) is 1. The predicted molar refractivity (Wildman–Crippen MR) is 51.3 cm³/mol. The molecule has 2 heterocycles. The molecular weight excluding hydrogens is 148 g/mol. The van der Waals surface area contributed by atoms with E-state index >= 15 is 0 Å². The van der Waals surface area contributed by atoms with Gasteiger partial charge in [-0.2, -0.15) is 0 Å². The third-order valence-electron chi connectivity index (χ3n) is 3.41. The maximum absolute atomic E-state index is 3.58. The molecule has 0 aromatic carbocycles. The number of rotatable bonds is 1. The molecule has 70 valence electrons. The number of hydrogen-bond acceptors (Lipinski definition) is 2. The van der Waals surface area contributed by atoms with E-state index in [9.17, 15) is 0 Å². The van der Waals surface area contributed by atoms with Crippen LogP contribution < -0.4 is 5.32 Å². The third-order valence-corrected chi connectivity index (χ3v) is 3.41. The van der Waals surface area contributed by atoms with E-state index in [0.717, 1.165) is 6.04 Å². The van der Waals surface area contributed by atoms with Gasteiger partial charge in [0, 0.05) is 11.6 Å². The smallest absolute Gasteiger partial charge is 0.0284 e. The Labute approximate surface area is 75.3 Å². The molecule has 1 N–H and O–H groups in total. The molecule has 0 radical (unpaired) electrons. The minimum absolute atomic E-state index is 0.352. The molecule has 2 heteroatoms. The molecule has 0 bridgehead atoms. The fraction of sp³-hybridized carbons (Fsp3) is 1.00. The molecule has 0 unspecified atom stereocenters. The molecule has 2 aliphatic heterocycles. The highest BCUT2D eigenvalue weighted by molar-refractivity contribution is 4.99. The minimum Gasteiger partial charge on any atom is -0.310 e. The summed E-state index contributed by atoms with van der Waals surface area (Å²) in [5, 5.41) is 3.58. The predicted octanol–water partition coefficient (Wildman–Crippen LogP) is 1.22. The molecule has 12 heavy (non-hydrogen) atoms. The second-order valence-corrected chi connectivity index (χ2v) is 4.70. The van der Waals surface area contributed by atoms with Gasteiger partial charge in [-0.05, 0) is 52.7 Å². The van der Waals surface area contributed by atoms with Crippen LogP contribution in [-0.4, -0.2) is 36.1 Å². The molecule has 1 atom stereocenters. The Hall–Kier alpha value is -0.0800. The lowest BCUT2D eigenvalue weighted by Crippen LogP contribution is -2.49. The summed E-state index contributed by atoms with van der Waals surface area (Å²) in [6.07, 6.45) is 4.16. The van der Waals surface area contributed by atoms with Crippen LogP contribution in [0, 0.1) is 0 Å². The zero-order chi connectivity index (χ0) is 8.60. The Kier molecular flexibility index (Phi) is 2.13. The van der Waals surface area contributed by atoms with Gasteiger partial charge in [-0.25, -0.2) is 0 Å². The molecule has 0 spiro atoms. The first-order valence-corrected chi connectivity index (χ1v) is 5.19. The Bertz CT molecular complexity index is 159. The molecule has 2 rings (SSSR count). The normalized spacial score (nSPS) is 36.0. The van der Waals surface area contributed by atoms with Crippen molar-refractivity contribution in [3.05, 3.63) is 0 Å². The molecular formula is C10H20N2. The summed E-state index contributed by atoms with van der Waals surface area (Å²) in [5.41, 5.74) is 0.352. The number of nitrogens with zero attached hydrogens (tertiary/aromatic N) is 1. The molecule has 0 aliphatic carbocycles. The molecule has 0 saturated carbocycles. The van der Waals surface area contributed by atoms with E-state index in [1.807, 2.05) is 0 Å². The van der Waals surface area contributed by atoms with Gasteiger partial charge in [0.05, 0.1) is 0 Å². The second kappa shape index (κ2) is 3.00. The van der Waals surface area contributed by atoms with E-state index in [2.05, 4.69) is 24.1 Å². The van der Waals surface area contributed by atoms with Gasteiger partial charge < -0.3 is 5.32 Å². The van der Waals surface area contributed by atoms with Crippen molar-refractivity contribution in [2.45, 2.75) is 44.7 Å². The van der Waals surface area contributed by atoms with Crippen molar-refractivity contribution in [1.29, 1.82) is 0 Å². The van der Waals surface area contributed by atoms with Gasteiger partial charge in [-0.1, -0.05) is 0 Å². The standard InChI is InChI=1S/C10H20N2/c1-10(2)9(5-6-11-10)12-7-3-4-8-12/h9,11H,3-8H2,1-2H3/t9-/m0/s1. The average molecular weight is 168 g/mol. The van der Waals surface area contributed by atoms with Crippen LogP contribution in [-0.2, 0) is 0 Å². The van der Waals surface area contributed by atoms with Gasteiger partial charge >= 0.3 is 0 Å². The zero-order valence-corrected chi connectivity index (χ0v) is 8.27. The lowest BCUT2D eigenvalue weighted by Gasteiger charge is -2.34. The van der Waals surface area contributed by atoms with Gasteiger partial charge in [0.2, 0.25) is 0 Å². The second-order valence-electron chi connectivity index (χ2n) is 4.70. The van der Waals surface area contributed by atoms with Crippen LogP contribution in [0.4, 0.5) is 0 Å². The zero-order valence-electron chi connectivity index (χ0n) is 8.27. The quantitative estimate of drug-likeness (QED) is 0.633. The van der Waals surface area contributed by atoms with Crippen molar-refractivity contribution < 1.29 is 0 Å². The van der Waals surface area contributed by atoms with Gasteiger partial charge in [0.15, 0.2) is 0 Å². The molecule has 0 amide bonds. The van der Waals surface area contributed by atoms with E-state index in [-0.39, 0.29) is 0 Å². The number of hydrogen-bond donors (Lipinski definition) is 1. The molecule has 2 fully saturated rings. The first-order valence-electron chi connectivity index (χ1n) is 5.19. The van der Waals surface area contributed by atoms with Gasteiger partial charge in [-0.3, -0.25) is 4.90 Å². The molecule has 2 saturated heterocycles. The van der Waals surface area contributed by atoms with Crippen LogP contribution in [0.3, 0.4) is 0 Å². The molecule has 2 nitrogen and oxygen atoms in total. The Morgan fingerprint density at radius 1 is 1.25 bits per heavy atom. The summed E-state index contributed by atoms with van der Waals surface area (Å²) in [4.78, 5) is 2.67. The van der Waals surface area contributed by atoms with Crippen molar-refractivity contribution in [2.75, 3.05) is 19.6 Å². The van der Waals surface area contributed by atoms with Crippen molar-refractivity contribution in [3.63, 3.8) is 0 Å². The molecule has 0 aromatic rings. The third kappa shape index (κ3) is 1.38. The van der Waals surface area contributed by atoms with Crippen LogP contribution in [0.15, 0.2) is 0 Å². The van der Waals surface area contributed by atoms with Crippen molar-refractivity contribution in [2.24, 2.45) is 0 Å². The summed E-state index contributed by atoms with van der Waals surface area (Å²) in [6.45, 7) is 8.53. The topological polar surface area (TPSA) is 15.3 Å². The average Bonchev–Trinajstić information content (AvgIpc) is 2.55. The summed E-state index contributed by atoms with van der Waals surface area (Å²) in [7, 11) is 0. The fourth-order valence-corrected chi connectivity index (χ4v) is 2.70. The van der Waals surface area contributed by atoms with Crippen LogP contribution in [0.1, 0.15) is 33.1 Å². The lowest BCUT2D eigenvalue weighted by atomic mass is 9.96. The largest absolute Gasteiger partial charge is 0.310 e. The number of likely N-dealkylation sites (tertiary alicyclic amines) is 1. The SMILES string of the molecule is CC1(C)NCC[C@@H]1N1CCCC1. The first-order chi connectivity index (χ1) is 5.70. The van der Waals surface area contributed by atoms with Crippen LogP contribution in [0.5, 0.6) is 0 Å². The fourth-order valence-electron chi connectivity index (χ4n) is 2.70. The molecule has 0 aromatic heterocycles. The Morgan fingerprint density at radius 2 is 1.92 bits per heavy atom. The first kappa shape index (κ1) is 8.52. The maximum atomic E-state index is 3.58. The maximum Gasteiger partial charge on any atom is 0.0284 e. The van der Waals surface area contributed by atoms with E-state index < -0.39 is 0 Å². The summed E-state index contributed by atoms with van der Waals surface area (Å²) in [6, 6.07) is 0.792. The Morgan fingerprint density at radius 3 is 2.42 bits per heavy atom. The monoisotopic (exact) mass is 168 g/mol. The van der Waals surface area contributed by atoms with Crippen LogP contribution >= 0.6 is 0 Å². The highest BCUT2D eigenvalue weighted by Gasteiger charge is 2.38. The molecule has 2 aliphatic rings. The van der Waals surface area contributed by atoms with E-state index in [4.69, 9.17) is 0 Å². The van der Waals surface area contributed by atoms with Gasteiger partial charge in [-0.15, -0.1) is 0 Å². The summed E-state index contributed by atoms with van der Waals surface area (Å²) >= 11 is 0. The minimum atomic E-state index is 0.352. The van der Waals surface area contributed by atoms with Crippen LogP contribution in [0.2, 0.25) is 0 Å². The van der Waals surface area contributed by atoms with E-state index in [0.29, 0.717) is 5.54 Å². The summed E-state index contributed by atoms with van der Waals surface area (Å²) < 4.78 is 0. The van der Waals surface area contributed by atoms with E-state index in [1.165, 1.54) is 38.9 Å². The van der Waals surface area contributed by atoms with Crippen LogP contribution in [0.25, 0.3) is 0 Å². The lowest BCUT2D eigenvalue weighted by molar-refractivity contribution is 0.180. The van der Waals surface area contributed by atoms with Crippen molar-refractivity contribution >= 4 is 0 Å². The van der Waals surface area contributed by atoms with Crippen molar-refractivity contribution in [1.82, 2.24) is 10.2 Å². The Balaban J connectivity index is 2.02. The van der Waals surface area contributed by atoms with Gasteiger partial charge in [0.25, 0.3) is 0 Å². The highest BCUT2D eigenvalue weighted by atomic mass is 15.2. The summed E-state index contributed by atoms with van der Waals surface area (Å²) in [5.74, 6) is 0. The van der Waals surface area contributed by atoms with Crippen molar-refractivity contribution in [3.8, 4) is 0 Å². The van der Waals surface area contributed by atoms with E-state index in [1.54, 1.807) is 0 Å².